The van der Waals surface area contributed by atoms with E-state index in [1.54, 1.807) is 42.6 Å². The standard InChI is InChI=1S/C26H20F2N6O/c1-29-26(35)32-19-10-7-16(8-11-19)23-15-31-25-24(30-14-17-5-3-2-4-6-20(17)28)33-21-12-9-18(27)13-22(21)34(23)25/h2,4-13,15H,14H2,1H3,(H,30,33)(H2,29,32,35). The molecule has 1 aliphatic rings. The Morgan fingerprint density at radius 3 is 2.77 bits per heavy atom. The fourth-order valence-electron chi connectivity index (χ4n) is 3.77. The van der Waals surface area contributed by atoms with E-state index in [0.29, 0.717) is 39.5 Å². The van der Waals surface area contributed by atoms with E-state index < -0.39 is 5.82 Å². The monoisotopic (exact) mass is 470 g/mol. The quantitative estimate of drug-likeness (QED) is 0.343. The molecule has 0 saturated carbocycles. The lowest BCUT2D eigenvalue weighted by molar-refractivity contribution is 0.254. The van der Waals surface area contributed by atoms with Crippen molar-refractivity contribution in [3.8, 4) is 11.3 Å². The summed E-state index contributed by atoms with van der Waals surface area (Å²) in [5.74, 6) is -0.341. The number of nitrogens with zero attached hydrogens (tertiary/aromatic N) is 3. The lowest BCUT2D eigenvalue weighted by Crippen LogP contribution is -2.24. The first kappa shape index (κ1) is 22.1. The van der Waals surface area contributed by atoms with Crippen LogP contribution in [0.2, 0.25) is 0 Å². The van der Waals surface area contributed by atoms with Gasteiger partial charge in [-0.15, -0.1) is 5.73 Å². The second kappa shape index (κ2) is 9.24. The van der Waals surface area contributed by atoms with Crippen molar-refractivity contribution < 1.29 is 13.6 Å². The molecule has 0 bridgehead atoms. The van der Waals surface area contributed by atoms with Gasteiger partial charge in [0.05, 0.1) is 22.9 Å². The Balaban J connectivity index is 1.59. The van der Waals surface area contributed by atoms with Crippen LogP contribution < -0.4 is 16.0 Å². The molecule has 4 aromatic rings. The fraction of sp³-hybridized carbons (Fsp3) is 0.0769. The highest BCUT2D eigenvalue weighted by Crippen LogP contribution is 2.30. The molecule has 0 saturated heterocycles. The summed E-state index contributed by atoms with van der Waals surface area (Å²) in [5, 5.41) is 8.38. The molecule has 2 aromatic heterocycles. The van der Waals surface area contributed by atoms with Gasteiger partial charge in [0.15, 0.2) is 11.5 Å². The molecule has 3 N–H and O–H groups in total. The number of nitrogens with one attached hydrogen (secondary N) is 3. The number of amides is 2. The van der Waals surface area contributed by atoms with Gasteiger partial charge in [-0.2, -0.15) is 0 Å². The predicted molar refractivity (Wildman–Crippen MR) is 132 cm³/mol. The van der Waals surface area contributed by atoms with E-state index in [4.69, 9.17) is 0 Å². The highest BCUT2D eigenvalue weighted by Gasteiger charge is 2.16. The van der Waals surface area contributed by atoms with Crippen molar-refractivity contribution in [1.29, 1.82) is 0 Å². The maximum Gasteiger partial charge on any atom is 0.318 e. The number of benzene rings is 2. The van der Waals surface area contributed by atoms with Crippen LogP contribution in [0.1, 0.15) is 0 Å². The molecule has 0 aliphatic heterocycles. The fourth-order valence-corrected chi connectivity index (χ4v) is 3.77. The van der Waals surface area contributed by atoms with E-state index in [2.05, 4.69) is 31.6 Å². The van der Waals surface area contributed by atoms with E-state index in [-0.39, 0.29) is 18.4 Å². The van der Waals surface area contributed by atoms with Crippen LogP contribution in [-0.2, 0) is 0 Å². The number of anilines is 2. The molecule has 35 heavy (non-hydrogen) atoms. The zero-order valence-electron chi connectivity index (χ0n) is 18.6. The minimum absolute atomic E-state index is 0.161. The average Bonchev–Trinajstić information content (AvgIpc) is 3.21. The SMILES string of the molecule is CNC(=O)Nc1ccc(-c2cnc3c(NCC4=C(F)C=CC=C=C4)nc4ccc(F)cc4n23)cc1. The van der Waals surface area contributed by atoms with Crippen LogP contribution in [0.15, 0.2) is 90.1 Å². The number of rotatable bonds is 5. The summed E-state index contributed by atoms with van der Waals surface area (Å²) in [7, 11) is 1.54. The number of fused-ring (bicyclic) bond motifs is 3. The Morgan fingerprint density at radius 1 is 1.14 bits per heavy atom. The summed E-state index contributed by atoms with van der Waals surface area (Å²) in [6, 6.07) is 11.2. The van der Waals surface area contributed by atoms with E-state index >= 15 is 0 Å². The van der Waals surface area contributed by atoms with Gasteiger partial charge < -0.3 is 16.0 Å². The molecule has 174 valence electrons. The number of hydrogen-bond acceptors (Lipinski definition) is 4. The number of urea groups is 1. The normalized spacial score (nSPS) is 12.9. The molecule has 0 fully saturated rings. The third-order valence-electron chi connectivity index (χ3n) is 5.50. The second-order valence-corrected chi connectivity index (χ2v) is 7.74. The van der Waals surface area contributed by atoms with E-state index in [0.717, 1.165) is 5.56 Å². The first-order valence-electron chi connectivity index (χ1n) is 10.8. The minimum atomic E-state index is -0.402. The van der Waals surface area contributed by atoms with Crippen LogP contribution in [0.3, 0.4) is 0 Å². The summed E-state index contributed by atoms with van der Waals surface area (Å²) < 4.78 is 30.3. The summed E-state index contributed by atoms with van der Waals surface area (Å²) in [4.78, 5) is 20.7. The molecule has 2 amide bonds. The third kappa shape index (κ3) is 4.40. The van der Waals surface area contributed by atoms with E-state index in [9.17, 15) is 13.6 Å². The topological polar surface area (TPSA) is 83.3 Å². The molecule has 0 spiro atoms. The maximum atomic E-state index is 14.3. The highest BCUT2D eigenvalue weighted by atomic mass is 19.1. The summed E-state index contributed by atoms with van der Waals surface area (Å²) >= 11 is 0. The number of carbonyl (C=O) groups is 1. The molecule has 0 atom stereocenters. The van der Waals surface area contributed by atoms with Gasteiger partial charge in [0.2, 0.25) is 0 Å². The van der Waals surface area contributed by atoms with Crippen LogP contribution in [0.4, 0.5) is 25.1 Å². The lowest BCUT2D eigenvalue weighted by atomic mass is 10.1. The van der Waals surface area contributed by atoms with Crippen molar-refractivity contribution in [3.05, 3.63) is 95.9 Å². The van der Waals surface area contributed by atoms with Crippen molar-refractivity contribution >= 4 is 34.2 Å². The number of allylic oxidation sites excluding steroid dienone is 3. The molecule has 0 radical (unpaired) electrons. The van der Waals surface area contributed by atoms with Crippen LogP contribution in [0.25, 0.3) is 27.9 Å². The van der Waals surface area contributed by atoms with Crippen LogP contribution in [-0.4, -0.2) is 34.0 Å². The Morgan fingerprint density at radius 2 is 1.97 bits per heavy atom. The van der Waals surface area contributed by atoms with Crippen molar-refractivity contribution in [2.75, 3.05) is 24.2 Å². The van der Waals surface area contributed by atoms with Gasteiger partial charge in [-0.3, -0.25) is 4.40 Å². The zero-order valence-corrected chi connectivity index (χ0v) is 18.6. The van der Waals surface area contributed by atoms with Crippen LogP contribution in [0.5, 0.6) is 0 Å². The van der Waals surface area contributed by atoms with Gasteiger partial charge in [-0.05, 0) is 42.5 Å². The maximum absolute atomic E-state index is 14.3. The highest BCUT2D eigenvalue weighted by molar-refractivity contribution is 5.90. The first-order valence-corrected chi connectivity index (χ1v) is 10.8. The van der Waals surface area contributed by atoms with Gasteiger partial charge in [0.1, 0.15) is 11.6 Å². The predicted octanol–water partition coefficient (Wildman–Crippen LogP) is 5.36. The Hall–Kier alpha value is -4.75. The molecular formula is C26H20F2N6O. The van der Waals surface area contributed by atoms with Gasteiger partial charge in [-0.25, -0.2) is 23.5 Å². The summed E-state index contributed by atoms with van der Waals surface area (Å²) in [5.41, 5.74) is 7.00. The van der Waals surface area contributed by atoms with Gasteiger partial charge in [-0.1, -0.05) is 18.2 Å². The van der Waals surface area contributed by atoms with E-state index in [1.165, 1.54) is 25.3 Å². The molecule has 2 heterocycles. The van der Waals surface area contributed by atoms with E-state index in [1.807, 2.05) is 16.5 Å². The van der Waals surface area contributed by atoms with Crippen LogP contribution in [0, 0.1) is 5.82 Å². The number of carbonyl (C=O) groups excluding carboxylic acids is 1. The third-order valence-corrected chi connectivity index (χ3v) is 5.50. The molecule has 5 rings (SSSR count). The molecule has 7 nitrogen and oxygen atoms in total. The number of halogens is 2. The van der Waals surface area contributed by atoms with Gasteiger partial charge in [0.25, 0.3) is 0 Å². The number of aromatic nitrogens is 3. The lowest BCUT2D eigenvalue weighted by Gasteiger charge is -2.12. The largest absolute Gasteiger partial charge is 0.363 e. The van der Waals surface area contributed by atoms with Crippen molar-refractivity contribution in [2.24, 2.45) is 0 Å². The molecule has 0 unspecified atom stereocenters. The molecule has 9 heteroatoms. The molecule has 1 aliphatic carbocycles. The molecule has 2 aromatic carbocycles. The van der Waals surface area contributed by atoms with Crippen LogP contribution >= 0.6 is 0 Å². The number of imidazole rings is 1. The second-order valence-electron chi connectivity index (χ2n) is 7.74. The average molecular weight is 470 g/mol. The Labute approximate surface area is 199 Å². The first-order chi connectivity index (χ1) is 17.0. The van der Waals surface area contributed by atoms with Crippen molar-refractivity contribution in [2.45, 2.75) is 0 Å². The Kier molecular flexibility index (Phi) is 5.83. The van der Waals surface area contributed by atoms with Crippen molar-refractivity contribution in [1.82, 2.24) is 19.7 Å². The minimum Gasteiger partial charge on any atom is -0.363 e. The number of hydrogen-bond donors (Lipinski definition) is 3. The zero-order chi connectivity index (χ0) is 24.4. The smallest absolute Gasteiger partial charge is 0.318 e. The van der Waals surface area contributed by atoms with Crippen molar-refractivity contribution in [3.63, 3.8) is 0 Å². The summed E-state index contributed by atoms with van der Waals surface area (Å²) in [6.07, 6.45) is 7.82. The molecular weight excluding hydrogens is 450 g/mol. The van der Waals surface area contributed by atoms with Gasteiger partial charge in [0, 0.05) is 36.5 Å². The van der Waals surface area contributed by atoms with Gasteiger partial charge >= 0.3 is 6.03 Å². The summed E-state index contributed by atoms with van der Waals surface area (Å²) in [6.45, 7) is 0.161. The Bertz CT molecular complexity index is 1580.